The van der Waals surface area contributed by atoms with Crippen molar-refractivity contribution in [2.45, 2.75) is 63.3 Å². The van der Waals surface area contributed by atoms with Gasteiger partial charge in [0.05, 0.1) is 28.9 Å². The lowest BCUT2D eigenvalue weighted by molar-refractivity contribution is -0.162. The van der Waals surface area contributed by atoms with Crippen molar-refractivity contribution in [2.24, 2.45) is 16.8 Å². The third-order valence-electron chi connectivity index (χ3n) is 7.87. The molecule has 1 saturated heterocycles. The summed E-state index contributed by atoms with van der Waals surface area (Å²) in [6.45, 7) is 5.81. The zero-order valence-electron chi connectivity index (χ0n) is 24.3. The van der Waals surface area contributed by atoms with E-state index in [0.717, 1.165) is 0 Å². The molecule has 2 aliphatic heterocycles. The number of aromatic nitrogens is 1. The van der Waals surface area contributed by atoms with Crippen LogP contribution in [0.25, 0.3) is 0 Å². The lowest BCUT2D eigenvalue weighted by Gasteiger charge is -2.40. The number of thiazole rings is 1. The van der Waals surface area contributed by atoms with E-state index in [1.165, 1.54) is 34.9 Å². The van der Waals surface area contributed by atoms with Crippen LogP contribution in [0, 0.1) is 17.7 Å². The van der Waals surface area contributed by atoms with E-state index in [4.69, 9.17) is 26.1 Å². The van der Waals surface area contributed by atoms with Gasteiger partial charge >= 0.3 is 11.9 Å². The summed E-state index contributed by atoms with van der Waals surface area (Å²) in [5.41, 5.74) is 0.398. The molecule has 1 unspecified atom stereocenters. The van der Waals surface area contributed by atoms with Crippen molar-refractivity contribution in [1.82, 2.24) is 14.6 Å². The minimum absolute atomic E-state index is 0.150. The molecule has 10 nitrogen and oxygen atoms in total. The molecule has 1 aromatic carbocycles. The molecule has 0 radical (unpaired) electrons. The maximum Gasteiger partial charge on any atom is 0.338 e. The number of nitrogens with zero attached hydrogens (tertiary/aromatic N) is 3. The average molecular weight is 653 g/mol. The predicted molar refractivity (Wildman–Crippen MR) is 161 cm³/mol. The van der Waals surface area contributed by atoms with Crippen LogP contribution in [0.2, 0.25) is 5.02 Å². The third-order valence-corrected chi connectivity index (χ3v) is 11.4. The maximum absolute atomic E-state index is 14.5. The molecule has 14 heteroatoms. The molecule has 3 aliphatic rings. The Morgan fingerprint density at radius 3 is 2.49 bits per heavy atom. The number of carbonyl (C=O) groups excluding carboxylic acids is 2. The highest BCUT2D eigenvalue weighted by Crippen LogP contribution is 2.42. The van der Waals surface area contributed by atoms with Gasteiger partial charge in [-0.15, -0.1) is 11.3 Å². The maximum atomic E-state index is 14.5. The Morgan fingerprint density at radius 2 is 1.88 bits per heavy atom. The SMILES string of the molecule is COC(=O)C1=C(C2CCN(S(=O)(=O)C3CC(C(=O)OC(C)(C)C)C3)CC2)NC(c2nccs2)=NC1c1cccc(F)c1Cl. The van der Waals surface area contributed by atoms with Gasteiger partial charge in [-0.25, -0.2) is 26.9 Å². The first-order chi connectivity index (χ1) is 20.3. The zero-order chi connectivity index (χ0) is 31.1. The Morgan fingerprint density at radius 1 is 1.19 bits per heavy atom. The minimum Gasteiger partial charge on any atom is -0.466 e. The topological polar surface area (TPSA) is 127 Å². The molecule has 2 aromatic rings. The van der Waals surface area contributed by atoms with E-state index in [9.17, 15) is 22.4 Å². The quantitative estimate of drug-likeness (QED) is 0.430. The van der Waals surface area contributed by atoms with Gasteiger partial charge in [-0.1, -0.05) is 23.7 Å². The molecule has 1 saturated carbocycles. The minimum atomic E-state index is -3.63. The summed E-state index contributed by atoms with van der Waals surface area (Å²) in [7, 11) is -2.37. The molecule has 3 heterocycles. The Kier molecular flexibility index (Phi) is 8.99. The molecule has 0 spiro atoms. The van der Waals surface area contributed by atoms with E-state index < -0.39 is 44.6 Å². The summed E-state index contributed by atoms with van der Waals surface area (Å²) in [6.07, 6.45) is 2.93. The summed E-state index contributed by atoms with van der Waals surface area (Å²) in [5.74, 6) is -1.93. The Balaban J connectivity index is 1.38. The van der Waals surface area contributed by atoms with Gasteiger partial charge < -0.3 is 14.8 Å². The van der Waals surface area contributed by atoms with Gasteiger partial charge in [-0.3, -0.25) is 9.79 Å². The van der Waals surface area contributed by atoms with E-state index in [2.05, 4.69) is 10.3 Å². The highest BCUT2D eigenvalue weighted by Gasteiger charge is 2.47. The first kappa shape index (κ1) is 31.6. The molecular weight excluding hydrogens is 619 g/mol. The van der Waals surface area contributed by atoms with Gasteiger partial charge in [0.15, 0.2) is 10.8 Å². The van der Waals surface area contributed by atoms with E-state index in [-0.39, 0.29) is 48.4 Å². The molecule has 232 valence electrons. The number of benzene rings is 1. The number of ether oxygens (including phenoxy) is 2. The fourth-order valence-corrected chi connectivity index (χ4v) is 8.53. The van der Waals surface area contributed by atoms with Gasteiger partial charge in [-0.05, 0) is 52.5 Å². The summed E-state index contributed by atoms with van der Waals surface area (Å²) >= 11 is 7.72. The summed E-state index contributed by atoms with van der Waals surface area (Å²) in [6, 6.07) is 3.38. The fraction of sp³-hybridized carbons (Fsp3) is 0.517. The van der Waals surface area contributed by atoms with Crippen LogP contribution >= 0.6 is 22.9 Å². The number of esters is 2. The Hall–Kier alpha value is -2.87. The van der Waals surface area contributed by atoms with Gasteiger partial charge in [0.1, 0.15) is 17.5 Å². The van der Waals surface area contributed by atoms with Crippen molar-refractivity contribution >= 4 is 50.7 Å². The number of nitrogens with one attached hydrogen (secondary N) is 1. The van der Waals surface area contributed by atoms with E-state index in [1.807, 2.05) is 0 Å². The summed E-state index contributed by atoms with van der Waals surface area (Å²) in [5, 5.41) is 4.86. The van der Waals surface area contributed by atoms with Crippen LogP contribution in [-0.2, 0) is 29.1 Å². The molecule has 1 aliphatic carbocycles. The standard InChI is InChI=1S/C29H34ClFN4O6S2/c1-29(2,3)41-27(36)17-14-18(15-17)43(38,39)35-11-8-16(9-12-35)23-21(28(37)40-4)24(19-6-5-7-20(31)22(19)30)34-25(33-23)26-32-10-13-42-26/h5-7,10,13,16-18,24H,8-9,11-12,14-15H2,1-4H3,(H,33,34). The number of hydrogen-bond donors (Lipinski definition) is 1. The average Bonchev–Trinajstić information content (AvgIpc) is 3.47. The summed E-state index contributed by atoms with van der Waals surface area (Å²) < 4.78 is 53.4. The molecule has 1 N–H and O–H groups in total. The molecule has 0 bridgehead atoms. The lowest BCUT2D eigenvalue weighted by atomic mass is 9.85. The highest BCUT2D eigenvalue weighted by atomic mass is 35.5. The first-order valence-electron chi connectivity index (χ1n) is 14.0. The van der Waals surface area contributed by atoms with Gasteiger partial charge in [-0.2, -0.15) is 0 Å². The van der Waals surface area contributed by atoms with E-state index in [0.29, 0.717) is 34.9 Å². The predicted octanol–water partition coefficient (Wildman–Crippen LogP) is 4.62. The van der Waals surface area contributed by atoms with Crippen molar-refractivity contribution in [3.05, 3.63) is 62.5 Å². The Bertz CT molecular complexity index is 1560. The fourth-order valence-electron chi connectivity index (χ4n) is 5.62. The number of amidine groups is 1. The number of halogens is 2. The molecule has 5 rings (SSSR count). The molecule has 43 heavy (non-hydrogen) atoms. The summed E-state index contributed by atoms with van der Waals surface area (Å²) in [4.78, 5) is 34.7. The van der Waals surface area contributed by atoms with Crippen LogP contribution in [0.1, 0.15) is 63.1 Å². The number of hydrogen-bond acceptors (Lipinski definition) is 10. The number of rotatable bonds is 7. The Labute approximate surface area is 259 Å². The van der Waals surface area contributed by atoms with Crippen molar-refractivity contribution in [2.75, 3.05) is 20.2 Å². The second kappa shape index (κ2) is 12.3. The van der Waals surface area contributed by atoms with Crippen LogP contribution in [-0.4, -0.2) is 66.5 Å². The number of carbonyl (C=O) groups is 2. The molecular formula is C29H34ClFN4O6S2. The molecule has 1 aromatic heterocycles. The first-order valence-corrected chi connectivity index (χ1v) is 16.8. The van der Waals surface area contributed by atoms with Crippen LogP contribution in [0.3, 0.4) is 0 Å². The number of piperidine rings is 1. The van der Waals surface area contributed by atoms with Gasteiger partial charge in [0.25, 0.3) is 0 Å². The number of methoxy groups -OCH3 is 1. The third kappa shape index (κ3) is 6.50. The van der Waals surface area contributed by atoms with E-state index >= 15 is 0 Å². The van der Waals surface area contributed by atoms with Crippen LogP contribution in [0.5, 0.6) is 0 Å². The van der Waals surface area contributed by atoms with Crippen LogP contribution < -0.4 is 5.32 Å². The zero-order valence-corrected chi connectivity index (χ0v) is 26.7. The molecule has 0 amide bonds. The lowest BCUT2D eigenvalue weighted by Crippen LogP contribution is -2.50. The monoisotopic (exact) mass is 652 g/mol. The normalized spacial score (nSPS) is 23.7. The number of aliphatic imine (C=N–C) groups is 1. The van der Waals surface area contributed by atoms with Crippen LogP contribution in [0.15, 0.2) is 46.0 Å². The molecule has 2 fully saturated rings. The van der Waals surface area contributed by atoms with E-state index in [1.54, 1.807) is 38.4 Å². The largest absolute Gasteiger partial charge is 0.466 e. The van der Waals surface area contributed by atoms with Crippen molar-refractivity contribution in [3.63, 3.8) is 0 Å². The van der Waals surface area contributed by atoms with Crippen molar-refractivity contribution in [3.8, 4) is 0 Å². The second-order valence-corrected chi connectivity index (χ2v) is 15.3. The number of allylic oxidation sites excluding steroid dienone is 1. The van der Waals surface area contributed by atoms with Crippen molar-refractivity contribution in [1.29, 1.82) is 0 Å². The molecule has 1 atom stereocenters. The van der Waals surface area contributed by atoms with Crippen LogP contribution in [0.4, 0.5) is 4.39 Å². The second-order valence-electron chi connectivity index (χ2n) is 11.8. The van der Waals surface area contributed by atoms with Gasteiger partial charge in [0, 0.05) is 41.8 Å². The van der Waals surface area contributed by atoms with Gasteiger partial charge in [0.2, 0.25) is 10.0 Å². The highest BCUT2D eigenvalue weighted by molar-refractivity contribution is 7.89. The number of sulfonamides is 1. The van der Waals surface area contributed by atoms with Crippen molar-refractivity contribution < 1.29 is 31.9 Å². The smallest absolute Gasteiger partial charge is 0.338 e.